The average molecular weight is 651 g/mol. The summed E-state index contributed by atoms with van der Waals surface area (Å²) >= 11 is 4.62. The van der Waals surface area contributed by atoms with Crippen LogP contribution in [0.4, 0.5) is 0 Å². The predicted molar refractivity (Wildman–Crippen MR) is 178 cm³/mol. The molecule has 0 spiro atoms. The Morgan fingerprint density at radius 3 is 1.96 bits per heavy atom. The Hall–Kier alpha value is -3.23. The molecule has 0 radical (unpaired) electrons. The van der Waals surface area contributed by atoms with Crippen LogP contribution in [0.3, 0.4) is 0 Å². The third-order valence-corrected chi connectivity index (χ3v) is 7.96. The minimum Gasteiger partial charge on any atom is -0.376 e. The highest BCUT2D eigenvalue weighted by Gasteiger charge is 2.31. The van der Waals surface area contributed by atoms with E-state index in [1.807, 2.05) is 6.92 Å². The van der Waals surface area contributed by atoms with E-state index >= 15 is 0 Å². The van der Waals surface area contributed by atoms with Crippen LogP contribution in [0.1, 0.15) is 65.7 Å². The Morgan fingerprint density at radius 1 is 0.778 bits per heavy atom. The molecule has 15 heteroatoms. The van der Waals surface area contributed by atoms with E-state index < -0.39 is 35.4 Å². The smallest absolute Gasteiger partial charge is 0.243 e. The zero-order valence-electron chi connectivity index (χ0n) is 26.8. The Kier molecular flexibility index (Phi) is 16.3. The fourth-order valence-electron chi connectivity index (χ4n) is 5.13. The quantitative estimate of drug-likeness (QED) is 0.102. The molecule has 2 aliphatic rings. The highest BCUT2D eigenvalue weighted by molar-refractivity contribution is 7.81. The number of hydrogen-bond acceptors (Lipinski definition) is 11. The molecule has 14 nitrogen and oxygen atoms in total. The minimum absolute atomic E-state index is 0.103. The highest BCUT2D eigenvalue weighted by Crippen LogP contribution is 2.21. The Morgan fingerprint density at radius 2 is 1.36 bits per heavy atom. The van der Waals surface area contributed by atoms with E-state index in [0.29, 0.717) is 55.1 Å². The highest BCUT2D eigenvalue weighted by atomic mass is 32.1. The summed E-state index contributed by atoms with van der Waals surface area (Å²) in [5, 5.41) is 20.5. The van der Waals surface area contributed by atoms with Crippen molar-refractivity contribution in [2.75, 3.05) is 26.2 Å². The van der Waals surface area contributed by atoms with Gasteiger partial charge in [0.05, 0.1) is 23.5 Å². The molecule has 2 rings (SSSR count). The van der Waals surface area contributed by atoms with Gasteiger partial charge in [0.25, 0.3) is 0 Å². The van der Waals surface area contributed by atoms with Crippen LogP contribution in [0.25, 0.3) is 0 Å². The summed E-state index contributed by atoms with van der Waals surface area (Å²) in [5.41, 5.74) is 22.4. The van der Waals surface area contributed by atoms with Crippen LogP contribution < -0.4 is 54.4 Å². The molecule has 2 aliphatic heterocycles. The number of hydrogen-bond donors (Lipinski definition) is 11. The van der Waals surface area contributed by atoms with Gasteiger partial charge in [-0.25, -0.2) is 0 Å². The lowest BCUT2D eigenvalue weighted by atomic mass is 10.0. The summed E-state index contributed by atoms with van der Waals surface area (Å²) in [4.78, 5) is 52.4. The van der Waals surface area contributed by atoms with E-state index in [9.17, 15) is 19.2 Å². The molecule has 6 atom stereocenters. The van der Waals surface area contributed by atoms with Crippen LogP contribution in [-0.2, 0) is 19.2 Å². The molecule has 13 N–H and O–H groups in total. The number of carbonyl (C=O) groups excluding carboxylic acids is 4. The van der Waals surface area contributed by atoms with E-state index in [4.69, 9.17) is 17.2 Å². The van der Waals surface area contributed by atoms with Crippen molar-refractivity contribution in [2.45, 2.75) is 101 Å². The maximum absolute atomic E-state index is 13.6. The molecule has 0 aromatic carbocycles. The second-order valence-corrected chi connectivity index (χ2v) is 12.3. The number of amides is 4. The van der Waals surface area contributed by atoms with Gasteiger partial charge in [-0.1, -0.05) is 33.1 Å². The molecule has 45 heavy (non-hydrogen) atoms. The van der Waals surface area contributed by atoms with Gasteiger partial charge in [-0.05, 0) is 64.1 Å². The third-order valence-electron chi connectivity index (χ3n) is 7.57. The van der Waals surface area contributed by atoms with E-state index in [0.717, 1.165) is 0 Å². The molecule has 0 aromatic heterocycles. The summed E-state index contributed by atoms with van der Waals surface area (Å²) in [6, 6.07) is -2.94. The SMILES string of the molecule is C=C1NC(CC)C(=O)NCCCC(=O)NC(CCN)C(=O)N[C@H](S)C2=C=C(NC(CCN)C(=O)NC1CCN)C(CC(C)C)N2. The van der Waals surface area contributed by atoms with Gasteiger partial charge in [0.1, 0.15) is 23.5 Å². The van der Waals surface area contributed by atoms with Crippen LogP contribution in [0, 0.1) is 5.92 Å². The van der Waals surface area contributed by atoms with Crippen molar-refractivity contribution in [1.82, 2.24) is 37.2 Å². The molecule has 0 saturated heterocycles. The normalized spacial score (nSPS) is 27.7. The van der Waals surface area contributed by atoms with E-state index in [-0.39, 0.29) is 62.8 Å². The maximum atomic E-state index is 13.6. The molecule has 4 amide bonds. The monoisotopic (exact) mass is 650 g/mol. The third kappa shape index (κ3) is 12.2. The molecule has 0 saturated carbocycles. The van der Waals surface area contributed by atoms with Gasteiger partial charge in [-0.15, -0.1) is 12.6 Å². The first-order chi connectivity index (χ1) is 21.4. The Bertz CT molecular complexity index is 1110. The van der Waals surface area contributed by atoms with Crippen LogP contribution in [0.5, 0.6) is 0 Å². The Labute approximate surface area is 272 Å². The van der Waals surface area contributed by atoms with Crippen LogP contribution in [-0.4, -0.2) is 85.4 Å². The predicted octanol–water partition coefficient (Wildman–Crippen LogP) is -1.49. The number of thiol groups is 1. The van der Waals surface area contributed by atoms with Crippen molar-refractivity contribution in [3.05, 3.63) is 29.4 Å². The van der Waals surface area contributed by atoms with Crippen molar-refractivity contribution in [3.8, 4) is 0 Å². The number of carbonyl (C=O) groups is 4. The standard InChI is InChI=1S/C30H54N10O4S/c1-5-19-27(42)34-14-6-7-26(41)38-22(10-13-33)29(44)40-30(45)25-16-24(23(37-25)15-17(2)3)36-21(9-12-32)28(43)39-20(8-11-31)18(4)35-19/h17,19-23,30,35-37,45H,4-15,31-33H2,1-3H3,(H,34,42)(H,38,41)(H,39,43)(H,40,44)/t19?,20?,21?,22?,23?,30-/m1/s1. The van der Waals surface area contributed by atoms with Crippen molar-refractivity contribution >= 4 is 36.3 Å². The van der Waals surface area contributed by atoms with Crippen LogP contribution >= 0.6 is 12.6 Å². The summed E-state index contributed by atoms with van der Waals surface area (Å²) in [6.45, 7) is 11.1. The first-order valence-corrected chi connectivity index (χ1v) is 16.4. The van der Waals surface area contributed by atoms with Gasteiger partial charge < -0.3 is 54.4 Å². The molecule has 0 aliphatic carbocycles. The second kappa shape index (κ2) is 19.3. The molecule has 254 valence electrons. The molecular formula is C30H54N10O4S. The summed E-state index contributed by atoms with van der Waals surface area (Å²) in [5.74, 6) is -1.04. The van der Waals surface area contributed by atoms with Gasteiger partial charge in [-0.3, -0.25) is 19.2 Å². The molecule has 5 unspecified atom stereocenters. The molecule has 2 heterocycles. The molecular weight excluding hydrogens is 596 g/mol. The number of nitrogens with two attached hydrogens (primary N) is 3. The topological polar surface area (TPSA) is 231 Å². The second-order valence-electron chi connectivity index (χ2n) is 11.8. The summed E-state index contributed by atoms with van der Waals surface area (Å²) in [6.07, 6.45) is 2.60. The van der Waals surface area contributed by atoms with Gasteiger partial charge in [0, 0.05) is 18.7 Å². The zero-order valence-corrected chi connectivity index (χ0v) is 27.7. The molecule has 2 bridgehead atoms. The Balaban J connectivity index is 2.46. The first kappa shape index (κ1) is 38.0. The van der Waals surface area contributed by atoms with Gasteiger partial charge in [0.2, 0.25) is 23.6 Å². The summed E-state index contributed by atoms with van der Waals surface area (Å²) < 4.78 is 0. The van der Waals surface area contributed by atoms with Crippen LogP contribution in [0.15, 0.2) is 29.4 Å². The largest absolute Gasteiger partial charge is 0.376 e. The van der Waals surface area contributed by atoms with Gasteiger partial charge in [0.15, 0.2) is 0 Å². The average Bonchev–Trinajstić information content (AvgIpc) is 3.38. The molecule has 0 aromatic rings. The van der Waals surface area contributed by atoms with Crippen molar-refractivity contribution < 1.29 is 19.2 Å². The number of nitrogens with one attached hydrogen (secondary N) is 7. The maximum Gasteiger partial charge on any atom is 0.243 e. The van der Waals surface area contributed by atoms with E-state index in [2.05, 4.69) is 76.0 Å². The van der Waals surface area contributed by atoms with Crippen molar-refractivity contribution in [1.29, 1.82) is 0 Å². The minimum atomic E-state index is -0.863. The lowest BCUT2D eigenvalue weighted by Gasteiger charge is -2.29. The lowest BCUT2D eigenvalue weighted by molar-refractivity contribution is -0.129. The van der Waals surface area contributed by atoms with Gasteiger partial charge >= 0.3 is 0 Å². The number of rotatable bonds is 9. The van der Waals surface area contributed by atoms with Crippen LogP contribution in [0.2, 0.25) is 0 Å². The van der Waals surface area contributed by atoms with E-state index in [1.54, 1.807) is 0 Å². The van der Waals surface area contributed by atoms with Gasteiger partial charge in [-0.2, -0.15) is 0 Å². The zero-order chi connectivity index (χ0) is 33.5. The van der Waals surface area contributed by atoms with Crippen molar-refractivity contribution in [2.24, 2.45) is 23.1 Å². The fraction of sp³-hybridized carbons (Fsp3) is 0.700. The lowest BCUT2D eigenvalue weighted by Crippen LogP contribution is -2.53. The van der Waals surface area contributed by atoms with E-state index in [1.165, 1.54) is 0 Å². The molecule has 0 fully saturated rings. The fourth-order valence-corrected chi connectivity index (χ4v) is 5.39. The first-order valence-electron chi connectivity index (χ1n) is 15.9. The van der Waals surface area contributed by atoms with Crippen molar-refractivity contribution in [3.63, 3.8) is 0 Å². The summed E-state index contributed by atoms with van der Waals surface area (Å²) in [7, 11) is 0.